The van der Waals surface area contributed by atoms with E-state index in [0.717, 1.165) is 4.90 Å². The predicted molar refractivity (Wildman–Crippen MR) is 74.2 cm³/mol. The molecule has 0 aliphatic carbocycles. The van der Waals surface area contributed by atoms with E-state index in [1.165, 1.54) is 18.3 Å². The zero-order valence-corrected chi connectivity index (χ0v) is 11.6. The smallest absolute Gasteiger partial charge is 0.335 e. The van der Waals surface area contributed by atoms with Crippen LogP contribution in [-0.2, 0) is 9.59 Å². The van der Waals surface area contributed by atoms with Crippen LogP contribution in [0.3, 0.4) is 0 Å². The average Bonchev–Trinajstić information content (AvgIpc) is 2.36. The Kier molecular flexibility index (Phi) is 3.76. The largest absolute Gasteiger partial charge is 0.383 e. The van der Waals surface area contributed by atoms with Gasteiger partial charge < -0.3 is 4.90 Å². The molecule has 104 valence electrons. The van der Waals surface area contributed by atoms with E-state index in [9.17, 15) is 14.4 Å². The molecular formula is C13H12ClN3O3. The van der Waals surface area contributed by atoms with Gasteiger partial charge in [-0.25, -0.2) is 9.69 Å². The van der Waals surface area contributed by atoms with Crippen LogP contribution in [0.2, 0.25) is 5.02 Å². The molecule has 1 aromatic carbocycles. The van der Waals surface area contributed by atoms with Crippen molar-refractivity contribution in [1.29, 1.82) is 0 Å². The molecule has 6 nitrogen and oxygen atoms in total. The zero-order valence-electron chi connectivity index (χ0n) is 10.9. The van der Waals surface area contributed by atoms with Crippen molar-refractivity contribution in [1.82, 2.24) is 10.2 Å². The Bertz CT molecular complexity index is 608. The van der Waals surface area contributed by atoms with Crippen LogP contribution in [0.15, 0.2) is 36.0 Å². The highest BCUT2D eigenvalue weighted by molar-refractivity contribution is 6.37. The fraction of sp³-hybridized carbons (Fsp3) is 0.154. The van der Waals surface area contributed by atoms with Gasteiger partial charge >= 0.3 is 6.03 Å². The lowest BCUT2D eigenvalue weighted by Crippen LogP contribution is -2.54. The molecule has 0 aromatic heterocycles. The van der Waals surface area contributed by atoms with Crippen LogP contribution < -0.4 is 10.2 Å². The molecule has 0 bridgehead atoms. The number of anilines is 1. The molecule has 0 saturated carbocycles. The quantitative estimate of drug-likeness (QED) is 0.660. The van der Waals surface area contributed by atoms with Gasteiger partial charge in [0.1, 0.15) is 5.57 Å². The molecule has 20 heavy (non-hydrogen) atoms. The van der Waals surface area contributed by atoms with Gasteiger partial charge in [0.25, 0.3) is 11.8 Å². The second-order valence-corrected chi connectivity index (χ2v) is 4.82. The number of amides is 4. The van der Waals surface area contributed by atoms with E-state index < -0.39 is 17.8 Å². The minimum Gasteiger partial charge on any atom is -0.383 e. The molecule has 7 heteroatoms. The summed E-state index contributed by atoms with van der Waals surface area (Å²) in [6.45, 7) is 0. The van der Waals surface area contributed by atoms with E-state index in [1.807, 2.05) is 0 Å². The Morgan fingerprint density at radius 1 is 1.15 bits per heavy atom. The van der Waals surface area contributed by atoms with Crippen molar-refractivity contribution >= 4 is 35.1 Å². The lowest BCUT2D eigenvalue weighted by Gasteiger charge is -2.26. The number of hydrogen-bond acceptors (Lipinski definition) is 4. The number of benzene rings is 1. The molecule has 1 fully saturated rings. The maximum Gasteiger partial charge on any atom is 0.335 e. The molecule has 1 aromatic rings. The maximum atomic E-state index is 12.3. The highest BCUT2D eigenvalue weighted by Crippen LogP contribution is 2.22. The average molecular weight is 294 g/mol. The topological polar surface area (TPSA) is 69.7 Å². The first-order valence-corrected chi connectivity index (χ1v) is 6.11. The second kappa shape index (κ2) is 5.34. The molecular weight excluding hydrogens is 282 g/mol. The number of urea groups is 1. The van der Waals surface area contributed by atoms with Gasteiger partial charge in [-0.05, 0) is 24.3 Å². The van der Waals surface area contributed by atoms with Gasteiger partial charge in [-0.3, -0.25) is 14.9 Å². The fourth-order valence-corrected chi connectivity index (χ4v) is 1.85. The minimum absolute atomic E-state index is 0.107. The van der Waals surface area contributed by atoms with Crippen molar-refractivity contribution in [2.24, 2.45) is 0 Å². The molecule has 4 amide bonds. The Balaban J connectivity index is 2.42. The minimum atomic E-state index is -0.779. The third-order valence-corrected chi connectivity index (χ3v) is 2.83. The molecule has 0 spiro atoms. The predicted octanol–water partition coefficient (Wildman–Crippen LogP) is 1.37. The summed E-state index contributed by atoms with van der Waals surface area (Å²) >= 11 is 5.77. The fourth-order valence-electron chi connectivity index (χ4n) is 1.73. The molecule has 1 N–H and O–H groups in total. The number of imide groups is 2. The van der Waals surface area contributed by atoms with Gasteiger partial charge in [-0.1, -0.05) is 11.6 Å². The molecule has 0 radical (unpaired) electrons. The Hall–Kier alpha value is -2.34. The van der Waals surface area contributed by atoms with Crippen molar-refractivity contribution in [3.63, 3.8) is 0 Å². The molecule has 1 heterocycles. The Morgan fingerprint density at radius 3 is 2.30 bits per heavy atom. The molecule has 0 atom stereocenters. The van der Waals surface area contributed by atoms with Gasteiger partial charge in [0, 0.05) is 25.3 Å². The Labute approximate surface area is 120 Å². The molecule has 1 saturated heterocycles. The number of hydrogen-bond donors (Lipinski definition) is 1. The van der Waals surface area contributed by atoms with Gasteiger partial charge in [0.2, 0.25) is 0 Å². The zero-order chi connectivity index (χ0) is 14.9. The lowest BCUT2D eigenvalue weighted by molar-refractivity contribution is -0.122. The van der Waals surface area contributed by atoms with Crippen LogP contribution in [0.4, 0.5) is 10.5 Å². The summed E-state index contributed by atoms with van der Waals surface area (Å²) in [5, 5.41) is 2.61. The van der Waals surface area contributed by atoms with Crippen molar-refractivity contribution in [2.75, 3.05) is 19.0 Å². The number of carbonyl (C=O) groups is 3. The first-order chi connectivity index (χ1) is 9.40. The van der Waals surface area contributed by atoms with Crippen molar-refractivity contribution < 1.29 is 14.4 Å². The van der Waals surface area contributed by atoms with Crippen molar-refractivity contribution in [3.8, 4) is 0 Å². The summed E-state index contributed by atoms with van der Waals surface area (Å²) in [6.07, 6.45) is 1.37. The van der Waals surface area contributed by atoms with E-state index in [-0.39, 0.29) is 5.57 Å². The van der Waals surface area contributed by atoms with Crippen LogP contribution in [-0.4, -0.2) is 36.8 Å². The number of carbonyl (C=O) groups excluding carboxylic acids is 3. The summed E-state index contributed by atoms with van der Waals surface area (Å²) in [4.78, 5) is 38.3. The summed E-state index contributed by atoms with van der Waals surface area (Å²) in [5.41, 5.74) is 0.235. The molecule has 0 unspecified atom stereocenters. The van der Waals surface area contributed by atoms with Crippen LogP contribution in [0.1, 0.15) is 0 Å². The number of nitrogens with one attached hydrogen (secondary N) is 1. The molecule has 2 rings (SSSR count). The number of rotatable bonds is 2. The summed E-state index contributed by atoms with van der Waals surface area (Å²) in [6, 6.07) is 5.40. The summed E-state index contributed by atoms with van der Waals surface area (Å²) in [5.74, 6) is -1.38. The summed E-state index contributed by atoms with van der Waals surface area (Å²) < 4.78 is 0. The van der Waals surface area contributed by atoms with E-state index in [0.29, 0.717) is 10.7 Å². The monoisotopic (exact) mass is 293 g/mol. The summed E-state index contributed by atoms with van der Waals surface area (Å²) in [7, 11) is 3.35. The van der Waals surface area contributed by atoms with Crippen molar-refractivity contribution in [2.45, 2.75) is 0 Å². The second-order valence-electron chi connectivity index (χ2n) is 4.38. The highest BCUT2D eigenvalue weighted by Gasteiger charge is 2.36. The molecule has 1 aliphatic rings. The Morgan fingerprint density at radius 2 is 1.75 bits per heavy atom. The van der Waals surface area contributed by atoms with Gasteiger partial charge in [0.15, 0.2) is 0 Å². The van der Waals surface area contributed by atoms with E-state index in [2.05, 4.69) is 5.32 Å². The number of barbiturate groups is 1. The number of halogens is 1. The third kappa shape index (κ3) is 2.65. The lowest BCUT2D eigenvalue weighted by atomic mass is 10.1. The number of nitrogens with zero attached hydrogens (tertiary/aromatic N) is 2. The first-order valence-electron chi connectivity index (χ1n) is 5.73. The normalized spacial score (nSPS) is 17.4. The van der Waals surface area contributed by atoms with Crippen LogP contribution in [0, 0.1) is 0 Å². The van der Waals surface area contributed by atoms with Crippen LogP contribution in [0.25, 0.3) is 0 Å². The van der Waals surface area contributed by atoms with E-state index in [4.69, 9.17) is 11.6 Å². The highest BCUT2D eigenvalue weighted by atomic mass is 35.5. The van der Waals surface area contributed by atoms with Gasteiger partial charge in [0.05, 0.1) is 5.69 Å². The first kappa shape index (κ1) is 14.1. The van der Waals surface area contributed by atoms with Gasteiger partial charge in [-0.2, -0.15) is 0 Å². The van der Waals surface area contributed by atoms with Gasteiger partial charge in [-0.15, -0.1) is 0 Å². The standard InChI is InChI=1S/C13H12ClN3O3/c1-16(2)7-10-11(18)15-13(20)17(12(10)19)9-5-3-8(14)4-6-9/h3-7H,1-2H3,(H,15,18,20)/b10-7+. The molecule has 1 aliphatic heterocycles. The maximum absolute atomic E-state index is 12.3. The van der Waals surface area contributed by atoms with Crippen molar-refractivity contribution in [3.05, 3.63) is 41.1 Å². The van der Waals surface area contributed by atoms with E-state index in [1.54, 1.807) is 31.1 Å². The van der Waals surface area contributed by atoms with Crippen LogP contribution in [0.5, 0.6) is 0 Å². The third-order valence-electron chi connectivity index (χ3n) is 2.57. The van der Waals surface area contributed by atoms with E-state index >= 15 is 0 Å². The van der Waals surface area contributed by atoms with Crippen LogP contribution >= 0.6 is 11.6 Å². The SMILES string of the molecule is CN(C)/C=C1\C(=O)NC(=O)N(c2ccc(Cl)cc2)C1=O.